The molecular formula is C23H26N4O7. The fourth-order valence-corrected chi connectivity index (χ4v) is 3.41. The van der Waals surface area contributed by atoms with Gasteiger partial charge >= 0.3 is 5.97 Å². The molecule has 2 aromatic rings. The molecule has 34 heavy (non-hydrogen) atoms. The molecule has 0 aliphatic carbocycles. The third-order valence-electron chi connectivity index (χ3n) is 5.24. The van der Waals surface area contributed by atoms with Gasteiger partial charge in [0.15, 0.2) is 6.61 Å². The van der Waals surface area contributed by atoms with Crippen molar-refractivity contribution in [3.63, 3.8) is 0 Å². The lowest BCUT2D eigenvalue weighted by atomic mass is 10.2. The number of nitrogens with one attached hydrogen (secondary N) is 1. The summed E-state index contributed by atoms with van der Waals surface area (Å²) in [5.74, 6) is -0.828. The van der Waals surface area contributed by atoms with Crippen molar-refractivity contribution < 1.29 is 28.8 Å². The molecule has 0 radical (unpaired) electrons. The summed E-state index contributed by atoms with van der Waals surface area (Å²) in [5.41, 5.74) is 1.24. The van der Waals surface area contributed by atoms with E-state index in [9.17, 15) is 24.5 Å². The van der Waals surface area contributed by atoms with Gasteiger partial charge in [0.05, 0.1) is 11.5 Å². The van der Waals surface area contributed by atoms with Crippen molar-refractivity contribution in [2.75, 3.05) is 50.8 Å². The van der Waals surface area contributed by atoms with Crippen molar-refractivity contribution in [2.24, 2.45) is 0 Å². The SMILES string of the molecule is CCOc1ccc(C(=O)NCC(=O)OCC(=O)N2CCN(c3ccc([N+](=O)[O-])cc3)CC2)cc1. The van der Waals surface area contributed by atoms with Crippen LogP contribution in [0.5, 0.6) is 5.75 Å². The number of carbonyl (C=O) groups excluding carboxylic acids is 3. The third kappa shape index (κ3) is 6.67. The Kier molecular flexibility index (Phi) is 8.38. The first-order valence-corrected chi connectivity index (χ1v) is 10.8. The minimum absolute atomic E-state index is 0.0232. The number of hydrogen-bond donors (Lipinski definition) is 1. The highest BCUT2D eigenvalue weighted by atomic mass is 16.6. The average Bonchev–Trinajstić information content (AvgIpc) is 2.86. The summed E-state index contributed by atoms with van der Waals surface area (Å²) >= 11 is 0. The van der Waals surface area contributed by atoms with Crippen LogP contribution in [0.25, 0.3) is 0 Å². The van der Waals surface area contributed by atoms with E-state index in [0.717, 1.165) is 5.69 Å². The van der Waals surface area contributed by atoms with Gasteiger partial charge in [-0.2, -0.15) is 0 Å². The van der Waals surface area contributed by atoms with Gasteiger partial charge < -0.3 is 24.6 Å². The largest absolute Gasteiger partial charge is 0.494 e. The van der Waals surface area contributed by atoms with Crippen molar-refractivity contribution in [3.8, 4) is 5.75 Å². The lowest BCUT2D eigenvalue weighted by molar-refractivity contribution is -0.384. The Hall–Kier alpha value is -4.15. The van der Waals surface area contributed by atoms with Crippen LogP contribution < -0.4 is 15.0 Å². The first-order valence-electron chi connectivity index (χ1n) is 10.8. The Morgan fingerprint density at radius 2 is 1.65 bits per heavy atom. The molecule has 0 spiro atoms. The van der Waals surface area contributed by atoms with E-state index in [1.807, 2.05) is 11.8 Å². The summed E-state index contributed by atoms with van der Waals surface area (Å²) in [6, 6.07) is 12.8. The highest BCUT2D eigenvalue weighted by Crippen LogP contribution is 2.20. The molecule has 0 bridgehead atoms. The van der Waals surface area contributed by atoms with Crippen molar-refractivity contribution in [1.29, 1.82) is 0 Å². The summed E-state index contributed by atoms with van der Waals surface area (Å²) in [6.07, 6.45) is 0. The number of nitrogens with zero attached hydrogens (tertiary/aromatic N) is 3. The van der Waals surface area contributed by atoms with Crippen LogP contribution in [0.3, 0.4) is 0 Å². The second-order valence-electron chi connectivity index (χ2n) is 7.44. The number of piperazine rings is 1. The zero-order chi connectivity index (χ0) is 24.5. The van der Waals surface area contributed by atoms with Crippen molar-refractivity contribution in [2.45, 2.75) is 6.92 Å². The maximum atomic E-state index is 12.4. The average molecular weight is 470 g/mol. The molecule has 1 aliphatic rings. The van der Waals surface area contributed by atoms with Crippen LogP contribution in [-0.2, 0) is 14.3 Å². The molecule has 0 aromatic heterocycles. The van der Waals surface area contributed by atoms with Gasteiger partial charge in [-0.3, -0.25) is 24.5 Å². The van der Waals surface area contributed by atoms with E-state index in [2.05, 4.69) is 5.32 Å². The standard InChI is InChI=1S/C23H26N4O7/c1-2-33-20-9-3-17(4-10-20)23(30)24-15-22(29)34-16-21(28)26-13-11-25(12-14-26)18-5-7-19(8-6-18)27(31)32/h3-10H,2,11-16H2,1H3,(H,24,30). The number of benzene rings is 2. The van der Waals surface area contributed by atoms with Crippen molar-refractivity contribution in [1.82, 2.24) is 10.2 Å². The maximum Gasteiger partial charge on any atom is 0.325 e. The quantitative estimate of drug-likeness (QED) is 0.332. The van der Waals surface area contributed by atoms with Crippen LogP contribution in [-0.4, -0.2) is 73.5 Å². The van der Waals surface area contributed by atoms with E-state index in [-0.39, 0.29) is 18.1 Å². The molecule has 1 fully saturated rings. The van der Waals surface area contributed by atoms with E-state index < -0.39 is 23.4 Å². The van der Waals surface area contributed by atoms with Gasteiger partial charge in [0.25, 0.3) is 17.5 Å². The number of nitro benzene ring substituents is 1. The molecule has 2 amide bonds. The summed E-state index contributed by atoms with van der Waals surface area (Å²) in [4.78, 5) is 50.4. The number of anilines is 1. The van der Waals surface area contributed by atoms with E-state index in [0.29, 0.717) is 44.1 Å². The number of amides is 2. The highest BCUT2D eigenvalue weighted by Gasteiger charge is 2.22. The normalized spacial score (nSPS) is 13.2. The van der Waals surface area contributed by atoms with Crippen LogP contribution >= 0.6 is 0 Å². The van der Waals surface area contributed by atoms with Crippen LogP contribution in [0.4, 0.5) is 11.4 Å². The Bertz CT molecular complexity index is 1020. The van der Waals surface area contributed by atoms with Gasteiger partial charge in [-0.1, -0.05) is 0 Å². The lowest BCUT2D eigenvalue weighted by Gasteiger charge is -2.36. The van der Waals surface area contributed by atoms with Gasteiger partial charge in [-0.05, 0) is 43.3 Å². The van der Waals surface area contributed by atoms with Crippen molar-refractivity contribution in [3.05, 3.63) is 64.2 Å². The Morgan fingerprint density at radius 3 is 2.24 bits per heavy atom. The van der Waals surface area contributed by atoms with E-state index in [1.165, 1.54) is 12.1 Å². The minimum atomic E-state index is -0.711. The fourth-order valence-electron chi connectivity index (χ4n) is 3.41. The molecule has 11 nitrogen and oxygen atoms in total. The zero-order valence-electron chi connectivity index (χ0n) is 18.8. The molecule has 1 N–H and O–H groups in total. The van der Waals surface area contributed by atoms with Crippen LogP contribution in [0.15, 0.2) is 48.5 Å². The van der Waals surface area contributed by atoms with Gasteiger partial charge in [0.1, 0.15) is 12.3 Å². The van der Waals surface area contributed by atoms with Gasteiger partial charge in [0, 0.05) is 49.6 Å². The smallest absolute Gasteiger partial charge is 0.325 e. The van der Waals surface area contributed by atoms with Gasteiger partial charge in [-0.25, -0.2) is 0 Å². The molecule has 0 atom stereocenters. The van der Waals surface area contributed by atoms with E-state index in [4.69, 9.17) is 9.47 Å². The summed E-state index contributed by atoms with van der Waals surface area (Å²) in [6.45, 7) is 3.59. The summed E-state index contributed by atoms with van der Waals surface area (Å²) in [7, 11) is 0. The predicted octanol–water partition coefficient (Wildman–Crippen LogP) is 1.62. The first-order chi connectivity index (χ1) is 16.4. The molecule has 2 aromatic carbocycles. The van der Waals surface area contributed by atoms with E-state index in [1.54, 1.807) is 41.3 Å². The second-order valence-corrected chi connectivity index (χ2v) is 7.44. The summed E-state index contributed by atoms with van der Waals surface area (Å²) < 4.78 is 10.3. The molecule has 0 saturated carbocycles. The number of esters is 1. The lowest BCUT2D eigenvalue weighted by Crippen LogP contribution is -2.50. The summed E-state index contributed by atoms with van der Waals surface area (Å²) in [5, 5.41) is 13.2. The number of ether oxygens (including phenoxy) is 2. The third-order valence-corrected chi connectivity index (χ3v) is 5.24. The minimum Gasteiger partial charge on any atom is -0.494 e. The molecule has 1 saturated heterocycles. The Labute approximate surface area is 196 Å². The van der Waals surface area contributed by atoms with E-state index >= 15 is 0 Å². The maximum absolute atomic E-state index is 12.4. The number of carbonyl (C=O) groups is 3. The second kappa shape index (κ2) is 11.6. The fraction of sp³-hybridized carbons (Fsp3) is 0.348. The molecule has 1 aliphatic heterocycles. The topological polar surface area (TPSA) is 131 Å². The first kappa shape index (κ1) is 24.5. The molecule has 0 unspecified atom stereocenters. The van der Waals surface area contributed by atoms with Crippen LogP contribution in [0.2, 0.25) is 0 Å². The predicted molar refractivity (Wildman–Crippen MR) is 123 cm³/mol. The molecular weight excluding hydrogens is 444 g/mol. The number of nitro groups is 1. The van der Waals surface area contributed by atoms with Gasteiger partial charge in [-0.15, -0.1) is 0 Å². The van der Waals surface area contributed by atoms with Gasteiger partial charge in [0.2, 0.25) is 0 Å². The monoisotopic (exact) mass is 470 g/mol. The number of hydrogen-bond acceptors (Lipinski definition) is 8. The van der Waals surface area contributed by atoms with Crippen molar-refractivity contribution >= 4 is 29.2 Å². The molecule has 1 heterocycles. The Morgan fingerprint density at radius 1 is 1.00 bits per heavy atom. The van der Waals surface area contributed by atoms with Crippen LogP contribution in [0.1, 0.15) is 17.3 Å². The Balaban J connectivity index is 1.37. The zero-order valence-corrected chi connectivity index (χ0v) is 18.8. The number of rotatable bonds is 9. The molecule has 3 rings (SSSR count). The highest BCUT2D eigenvalue weighted by molar-refractivity contribution is 5.96. The molecule has 180 valence electrons. The number of non-ortho nitro benzene ring substituents is 1. The molecule has 11 heteroatoms. The van der Waals surface area contributed by atoms with Crippen LogP contribution in [0, 0.1) is 10.1 Å².